The van der Waals surface area contributed by atoms with Gasteiger partial charge in [-0.15, -0.1) is 0 Å². The van der Waals surface area contributed by atoms with Crippen molar-refractivity contribution in [2.45, 2.75) is 0 Å². The van der Waals surface area contributed by atoms with Gasteiger partial charge in [-0.05, 0) is 36.4 Å². The Bertz CT molecular complexity index is 827. The van der Waals surface area contributed by atoms with Crippen LogP contribution < -0.4 is 5.43 Å². The first kappa shape index (κ1) is 15.2. The molecule has 2 aromatic heterocycles. The maximum Gasteiger partial charge on any atom is 0.289 e. The highest BCUT2D eigenvalue weighted by Gasteiger charge is 2.05. The van der Waals surface area contributed by atoms with Crippen molar-refractivity contribution >= 4 is 28.1 Å². The fourth-order valence-electron chi connectivity index (χ4n) is 1.90. The lowest BCUT2D eigenvalue weighted by molar-refractivity contribution is 0.0950. The van der Waals surface area contributed by atoms with Crippen molar-refractivity contribution < 1.29 is 9.21 Å². The molecule has 3 rings (SSSR count). The van der Waals surface area contributed by atoms with Crippen LogP contribution in [0, 0.1) is 0 Å². The summed E-state index contributed by atoms with van der Waals surface area (Å²) >= 11 is 3.39. The van der Waals surface area contributed by atoms with Crippen LogP contribution in [0.25, 0.3) is 11.3 Å². The largest absolute Gasteiger partial charge is 0.455 e. The lowest BCUT2D eigenvalue weighted by Crippen LogP contribution is -2.18. The number of nitrogens with one attached hydrogen (secondary N) is 1. The van der Waals surface area contributed by atoms with Gasteiger partial charge in [-0.3, -0.25) is 9.78 Å². The monoisotopic (exact) mass is 369 g/mol. The predicted molar refractivity (Wildman–Crippen MR) is 91.1 cm³/mol. The third kappa shape index (κ3) is 3.92. The van der Waals surface area contributed by atoms with E-state index in [2.05, 4.69) is 31.4 Å². The maximum absolute atomic E-state index is 11.8. The van der Waals surface area contributed by atoms with Crippen molar-refractivity contribution in [2.75, 3.05) is 0 Å². The van der Waals surface area contributed by atoms with Gasteiger partial charge in [-0.2, -0.15) is 5.10 Å². The average Bonchev–Trinajstić information content (AvgIpc) is 3.05. The zero-order valence-corrected chi connectivity index (χ0v) is 13.5. The van der Waals surface area contributed by atoms with Crippen molar-refractivity contribution in [2.24, 2.45) is 5.10 Å². The van der Waals surface area contributed by atoms with Crippen molar-refractivity contribution in [3.8, 4) is 11.3 Å². The standard InChI is InChI=1S/C17H12BrN3O2/c18-13-6-4-12(5-7-13)16-9-8-14(23-16)11-20-21-17(22)15-3-1-2-10-19-15/h1-11H,(H,21,22)/b20-11-. The molecule has 1 amide bonds. The van der Waals surface area contributed by atoms with Crippen molar-refractivity contribution in [1.82, 2.24) is 10.4 Å². The topological polar surface area (TPSA) is 67.5 Å². The fourth-order valence-corrected chi connectivity index (χ4v) is 2.16. The molecule has 0 saturated heterocycles. The molecule has 0 saturated carbocycles. The third-order valence-corrected chi connectivity index (χ3v) is 3.54. The summed E-state index contributed by atoms with van der Waals surface area (Å²) in [4.78, 5) is 15.7. The van der Waals surface area contributed by atoms with Gasteiger partial charge < -0.3 is 4.42 Å². The summed E-state index contributed by atoms with van der Waals surface area (Å²) in [6, 6.07) is 16.5. The molecular formula is C17H12BrN3O2. The third-order valence-electron chi connectivity index (χ3n) is 3.01. The molecule has 23 heavy (non-hydrogen) atoms. The minimum absolute atomic E-state index is 0.305. The number of hydrazone groups is 1. The highest BCUT2D eigenvalue weighted by molar-refractivity contribution is 9.10. The van der Waals surface area contributed by atoms with E-state index in [0.717, 1.165) is 15.8 Å². The average molecular weight is 370 g/mol. The molecule has 1 N–H and O–H groups in total. The SMILES string of the molecule is O=C(N/N=C\c1ccc(-c2ccc(Br)cc2)o1)c1ccccn1. The van der Waals surface area contributed by atoms with E-state index >= 15 is 0 Å². The molecule has 3 aromatic rings. The molecule has 2 heterocycles. The van der Waals surface area contributed by atoms with E-state index in [-0.39, 0.29) is 5.91 Å². The Morgan fingerprint density at radius 3 is 2.70 bits per heavy atom. The summed E-state index contributed by atoms with van der Waals surface area (Å²) in [5.41, 5.74) is 3.67. The number of nitrogens with zero attached hydrogens (tertiary/aromatic N) is 2. The molecule has 0 atom stereocenters. The maximum atomic E-state index is 11.8. The van der Waals surface area contributed by atoms with Gasteiger partial charge in [0.15, 0.2) is 0 Å². The van der Waals surface area contributed by atoms with E-state index in [0.29, 0.717) is 11.5 Å². The number of aromatic nitrogens is 1. The zero-order chi connectivity index (χ0) is 16.1. The van der Waals surface area contributed by atoms with Crippen LogP contribution in [0.4, 0.5) is 0 Å². The van der Waals surface area contributed by atoms with Crippen molar-refractivity contribution in [1.29, 1.82) is 0 Å². The first-order chi connectivity index (χ1) is 11.2. The van der Waals surface area contributed by atoms with Gasteiger partial charge >= 0.3 is 0 Å². The normalized spacial score (nSPS) is 10.8. The molecule has 5 nitrogen and oxygen atoms in total. The van der Waals surface area contributed by atoms with Crippen LogP contribution in [0.5, 0.6) is 0 Å². The second-order valence-corrected chi connectivity index (χ2v) is 5.54. The predicted octanol–water partition coefficient (Wildman–Crippen LogP) is 3.87. The van der Waals surface area contributed by atoms with Gasteiger partial charge in [0.2, 0.25) is 0 Å². The molecule has 0 aliphatic carbocycles. The van der Waals surface area contributed by atoms with Crippen LogP contribution in [0.15, 0.2) is 74.8 Å². The van der Waals surface area contributed by atoms with Gasteiger partial charge in [0.25, 0.3) is 5.91 Å². The molecule has 0 unspecified atom stereocenters. The number of furan rings is 1. The number of benzene rings is 1. The number of carbonyl (C=O) groups is 1. The van der Waals surface area contributed by atoms with Gasteiger partial charge in [-0.1, -0.05) is 34.1 Å². The number of hydrogen-bond donors (Lipinski definition) is 1. The minimum atomic E-state index is -0.374. The van der Waals surface area contributed by atoms with Gasteiger partial charge in [0, 0.05) is 16.2 Å². The molecule has 0 aliphatic heterocycles. The molecule has 1 aromatic carbocycles. The molecule has 0 fully saturated rings. The number of halogens is 1. The molecule has 0 aliphatic rings. The molecular weight excluding hydrogens is 358 g/mol. The Labute approximate surface area is 141 Å². The van der Waals surface area contributed by atoms with Gasteiger partial charge in [0.05, 0.1) is 6.21 Å². The first-order valence-corrected chi connectivity index (χ1v) is 7.62. The molecule has 0 bridgehead atoms. The molecule has 0 spiro atoms. The lowest BCUT2D eigenvalue weighted by Gasteiger charge is -1.97. The summed E-state index contributed by atoms with van der Waals surface area (Å²) in [6.07, 6.45) is 3.00. The van der Waals surface area contributed by atoms with E-state index in [4.69, 9.17) is 4.42 Å². The summed E-state index contributed by atoms with van der Waals surface area (Å²) in [5, 5.41) is 3.87. The van der Waals surface area contributed by atoms with Crippen molar-refractivity contribution in [3.63, 3.8) is 0 Å². The van der Waals surface area contributed by atoms with E-state index in [1.54, 1.807) is 30.5 Å². The lowest BCUT2D eigenvalue weighted by atomic mass is 10.2. The minimum Gasteiger partial charge on any atom is -0.455 e. The highest BCUT2D eigenvalue weighted by Crippen LogP contribution is 2.23. The van der Waals surface area contributed by atoms with Crippen LogP contribution in [0.3, 0.4) is 0 Å². The fraction of sp³-hybridized carbons (Fsp3) is 0. The Morgan fingerprint density at radius 1 is 1.13 bits per heavy atom. The van der Waals surface area contributed by atoms with Crippen LogP contribution in [-0.4, -0.2) is 17.1 Å². The number of amides is 1. The quantitative estimate of drug-likeness (QED) is 0.560. The molecule has 114 valence electrons. The Hall–Kier alpha value is -2.73. The summed E-state index contributed by atoms with van der Waals surface area (Å²) < 4.78 is 6.67. The zero-order valence-electron chi connectivity index (χ0n) is 11.9. The smallest absolute Gasteiger partial charge is 0.289 e. The Morgan fingerprint density at radius 2 is 1.96 bits per heavy atom. The van der Waals surface area contributed by atoms with E-state index in [1.807, 2.05) is 30.3 Å². The summed E-state index contributed by atoms with van der Waals surface area (Å²) in [7, 11) is 0. The van der Waals surface area contributed by atoms with E-state index in [1.165, 1.54) is 6.21 Å². The number of carbonyl (C=O) groups excluding carboxylic acids is 1. The number of pyridine rings is 1. The van der Waals surface area contributed by atoms with E-state index in [9.17, 15) is 4.79 Å². The summed E-state index contributed by atoms with van der Waals surface area (Å²) in [6.45, 7) is 0. The molecule has 6 heteroatoms. The molecule has 0 radical (unpaired) electrons. The first-order valence-electron chi connectivity index (χ1n) is 6.82. The van der Waals surface area contributed by atoms with Crippen LogP contribution in [0.1, 0.15) is 16.2 Å². The van der Waals surface area contributed by atoms with Gasteiger partial charge in [0.1, 0.15) is 17.2 Å². The van der Waals surface area contributed by atoms with Gasteiger partial charge in [-0.25, -0.2) is 5.43 Å². The Balaban J connectivity index is 1.65. The second-order valence-electron chi connectivity index (χ2n) is 4.62. The Kier molecular flexibility index (Phi) is 4.63. The highest BCUT2D eigenvalue weighted by atomic mass is 79.9. The second kappa shape index (κ2) is 7.02. The number of hydrogen-bond acceptors (Lipinski definition) is 4. The number of rotatable bonds is 4. The van der Waals surface area contributed by atoms with Crippen molar-refractivity contribution in [3.05, 3.63) is 76.7 Å². The van der Waals surface area contributed by atoms with E-state index < -0.39 is 0 Å². The summed E-state index contributed by atoms with van der Waals surface area (Å²) in [5.74, 6) is 0.904. The van der Waals surface area contributed by atoms with Crippen LogP contribution >= 0.6 is 15.9 Å². The van der Waals surface area contributed by atoms with Crippen LogP contribution in [-0.2, 0) is 0 Å². The van der Waals surface area contributed by atoms with Crippen LogP contribution in [0.2, 0.25) is 0 Å².